The minimum absolute atomic E-state index is 0.0186. The summed E-state index contributed by atoms with van der Waals surface area (Å²) in [7, 11) is 0. The summed E-state index contributed by atoms with van der Waals surface area (Å²) in [6.07, 6.45) is 9.11. The van der Waals surface area contributed by atoms with Crippen LogP contribution in [0.4, 0.5) is 0 Å². The minimum atomic E-state index is -0.837. The molecule has 3 atom stereocenters. The molecule has 4 nitrogen and oxygen atoms in total. The quantitative estimate of drug-likeness (QED) is 0.680. The van der Waals surface area contributed by atoms with Crippen LogP contribution in [0.15, 0.2) is 12.2 Å². The van der Waals surface area contributed by atoms with Gasteiger partial charge in [-0.15, -0.1) is 0 Å². The van der Waals surface area contributed by atoms with E-state index in [4.69, 9.17) is 5.11 Å². The number of hydrogen-bond acceptors (Lipinski definition) is 2. The van der Waals surface area contributed by atoms with Gasteiger partial charge in [0.2, 0.25) is 5.91 Å². The van der Waals surface area contributed by atoms with Crippen LogP contribution in [0, 0.1) is 17.8 Å². The Hall–Kier alpha value is -1.32. The van der Waals surface area contributed by atoms with Crippen molar-refractivity contribution in [2.75, 3.05) is 6.54 Å². The smallest absolute Gasteiger partial charge is 0.303 e. The van der Waals surface area contributed by atoms with E-state index in [1.54, 1.807) is 0 Å². The van der Waals surface area contributed by atoms with Crippen LogP contribution in [0.25, 0.3) is 0 Å². The number of rotatable bonds is 7. The number of carbonyl (C=O) groups excluding carboxylic acids is 1. The molecule has 0 radical (unpaired) electrons. The van der Waals surface area contributed by atoms with Crippen LogP contribution < -0.4 is 5.32 Å². The van der Waals surface area contributed by atoms with E-state index in [2.05, 4.69) is 17.5 Å². The monoisotopic (exact) mass is 251 g/mol. The van der Waals surface area contributed by atoms with Crippen LogP contribution in [0.2, 0.25) is 0 Å². The maximum absolute atomic E-state index is 11.4. The maximum Gasteiger partial charge on any atom is 0.303 e. The number of carboxylic acids is 1. The highest BCUT2D eigenvalue weighted by Gasteiger charge is 2.34. The van der Waals surface area contributed by atoms with E-state index >= 15 is 0 Å². The highest BCUT2D eigenvalue weighted by molar-refractivity contribution is 5.76. The lowest BCUT2D eigenvalue weighted by molar-refractivity contribution is -0.137. The Labute approximate surface area is 107 Å². The molecule has 0 saturated heterocycles. The van der Waals surface area contributed by atoms with Gasteiger partial charge < -0.3 is 10.4 Å². The first-order chi connectivity index (χ1) is 8.65. The highest BCUT2D eigenvalue weighted by Crippen LogP contribution is 2.44. The molecule has 2 N–H and O–H groups in total. The molecule has 1 fully saturated rings. The van der Waals surface area contributed by atoms with Gasteiger partial charge in [-0.05, 0) is 43.4 Å². The molecule has 0 aromatic rings. The number of allylic oxidation sites excluding steroid dienone is 2. The Morgan fingerprint density at radius 3 is 2.67 bits per heavy atom. The number of amides is 1. The largest absolute Gasteiger partial charge is 0.481 e. The van der Waals surface area contributed by atoms with Crippen LogP contribution in [-0.2, 0) is 9.59 Å². The van der Waals surface area contributed by atoms with Gasteiger partial charge in [0.1, 0.15) is 0 Å². The van der Waals surface area contributed by atoms with Crippen molar-refractivity contribution in [3.8, 4) is 0 Å². The zero-order valence-corrected chi connectivity index (χ0v) is 10.6. The minimum Gasteiger partial charge on any atom is -0.481 e. The lowest BCUT2D eigenvalue weighted by Gasteiger charge is -2.17. The van der Waals surface area contributed by atoms with E-state index in [1.165, 1.54) is 12.8 Å². The normalized spacial score (nSPS) is 28.6. The molecule has 2 rings (SSSR count). The lowest BCUT2D eigenvalue weighted by atomic mass is 9.91. The molecule has 0 heterocycles. The van der Waals surface area contributed by atoms with Crippen molar-refractivity contribution < 1.29 is 14.7 Å². The second kappa shape index (κ2) is 6.03. The van der Waals surface area contributed by atoms with Gasteiger partial charge in [-0.3, -0.25) is 9.59 Å². The van der Waals surface area contributed by atoms with Gasteiger partial charge in [0.05, 0.1) is 0 Å². The molecule has 4 heteroatoms. The zero-order valence-electron chi connectivity index (χ0n) is 10.6. The van der Waals surface area contributed by atoms with E-state index in [1.807, 2.05) is 0 Å². The van der Waals surface area contributed by atoms with Gasteiger partial charge in [0, 0.05) is 19.4 Å². The molecular weight excluding hydrogens is 230 g/mol. The van der Waals surface area contributed by atoms with Gasteiger partial charge in [-0.2, -0.15) is 0 Å². The van der Waals surface area contributed by atoms with Crippen molar-refractivity contribution in [3.05, 3.63) is 12.2 Å². The molecule has 2 aliphatic rings. The fourth-order valence-corrected chi connectivity index (χ4v) is 3.11. The summed E-state index contributed by atoms with van der Waals surface area (Å²) < 4.78 is 0. The van der Waals surface area contributed by atoms with Crippen molar-refractivity contribution in [1.29, 1.82) is 0 Å². The second-order valence-electron chi connectivity index (χ2n) is 5.43. The summed E-state index contributed by atoms with van der Waals surface area (Å²) in [5, 5.41) is 11.4. The Kier molecular flexibility index (Phi) is 4.39. The van der Waals surface area contributed by atoms with Crippen LogP contribution in [0.3, 0.4) is 0 Å². The first-order valence-corrected chi connectivity index (χ1v) is 6.82. The standard InChI is InChI=1S/C14H21NO3/c16-13(2-1-3-14(17)18)15-7-6-12-9-10-4-5-11(12)8-10/h4-5,10-12H,1-3,6-9H2,(H,15,16)(H,17,18)/t10-,11+,12-/m1/s1. The van der Waals surface area contributed by atoms with Gasteiger partial charge >= 0.3 is 5.97 Å². The number of hydrogen-bond donors (Lipinski definition) is 2. The summed E-state index contributed by atoms with van der Waals surface area (Å²) in [5.41, 5.74) is 0. The molecule has 1 saturated carbocycles. The number of fused-ring (bicyclic) bond motifs is 2. The van der Waals surface area contributed by atoms with Gasteiger partial charge in [0.25, 0.3) is 0 Å². The molecule has 0 aromatic heterocycles. The SMILES string of the molecule is O=C(O)CCCC(=O)NCC[C@@H]1C[C@@H]2C=C[C@H]1C2. The second-order valence-corrected chi connectivity index (χ2v) is 5.43. The van der Waals surface area contributed by atoms with E-state index in [0.29, 0.717) is 12.8 Å². The predicted molar refractivity (Wildman–Crippen MR) is 68.0 cm³/mol. The van der Waals surface area contributed by atoms with Gasteiger partial charge in [-0.1, -0.05) is 12.2 Å². The summed E-state index contributed by atoms with van der Waals surface area (Å²) in [6.45, 7) is 0.730. The Morgan fingerprint density at radius 1 is 1.22 bits per heavy atom. The van der Waals surface area contributed by atoms with Crippen LogP contribution >= 0.6 is 0 Å². The van der Waals surface area contributed by atoms with Crippen LogP contribution in [0.5, 0.6) is 0 Å². The number of nitrogens with one attached hydrogen (secondary N) is 1. The molecule has 1 amide bonds. The first kappa shape index (κ1) is 13.1. The van der Waals surface area contributed by atoms with Gasteiger partial charge in [0.15, 0.2) is 0 Å². The fourth-order valence-electron chi connectivity index (χ4n) is 3.11. The third-order valence-corrected chi connectivity index (χ3v) is 4.05. The Morgan fingerprint density at radius 2 is 2.06 bits per heavy atom. The molecule has 0 aromatic carbocycles. The van der Waals surface area contributed by atoms with E-state index < -0.39 is 5.97 Å². The topological polar surface area (TPSA) is 66.4 Å². The molecular formula is C14H21NO3. The molecule has 2 bridgehead atoms. The average Bonchev–Trinajstić information content (AvgIpc) is 2.90. The van der Waals surface area contributed by atoms with E-state index in [9.17, 15) is 9.59 Å². The molecule has 100 valence electrons. The van der Waals surface area contributed by atoms with Crippen LogP contribution in [0.1, 0.15) is 38.5 Å². The number of carbonyl (C=O) groups is 2. The fraction of sp³-hybridized carbons (Fsp3) is 0.714. The number of aliphatic carboxylic acids is 1. The predicted octanol–water partition coefficient (Wildman–Crippen LogP) is 1.96. The Balaban J connectivity index is 1.54. The Bertz CT molecular complexity index is 351. The third kappa shape index (κ3) is 3.59. The third-order valence-electron chi connectivity index (χ3n) is 4.05. The van der Waals surface area contributed by atoms with Crippen molar-refractivity contribution in [2.45, 2.75) is 38.5 Å². The molecule has 0 spiro atoms. The average molecular weight is 251 g/mol. The summed E-state index contributed by atoms with van der Waals surface area (Å²) in [5.74, 6) is 1.40. The first-order valence-electron chi connectivity index (χ1n) is 6.82. The molecule has 2 aliphatic carbocycles. The van der Waals surface area contributed by atoms with Crippen molar-refractivity contribution in [1.82, 2.24) is 5.32 Å². The lowest BCUT2D eigenvalue weighted by Crippen LogP contribution is -2.26. The summed E-state index contributed by atoms with van der Waals surface area (Å²) in [6, 6.07) is 0. The molecule has 0 unspecified atom stereocenters. The summed E-state index contributed by atoms with van der Waals surface area (Å²) >= 11 is 0. The highest BCUT2D eigenvalue weighted by atomic mass is 16.4. The van der Waals surface area contributed by atoms with Crippen molar-refractivity contribution in [2.24, 2.45) is 17.8 Å². The van der Waals surface area contributed by atoms with Crippen LogP contribution in [-0.4, -0.2) is 23.5 Å². The zero-order chi connectivity index (χ0) is 13.0. The number of carboxylic acid groups (broad SMARTS) is 1. The van der Waals surface area contributed by atoms with E-state index in [-0.39, 0.29) is 12.3 Å². The molecule has 18 heavy (non-hydrogen) atoms. The maximum atomic E-state index is 11.4. The molecule has 0 aliphatic heterocycles. The van der Waals surface area contributed by atoms with Crippen molar-refractivity contribution in [3.63, 3.8) is 0 Å². The van der Waals surface area contributed by atoms with Crippen molar-refractivity contribution >= 4 is 11.9 Å². The summed E-state index contributed by atoms with van der Waals surface area (Å²) in [4.78, 5) is 21.7. The van der Waals surface area contributed by atoms with Gasteiger partial charge in [-0.25, -0.2) is 0 Å². The van der Waals surface area contributed by atoms with E-state index in [0.717, 1.165) is 30.7 Å².